The second kappa shape index (κ2) is 4.74. The summed E-state index contributed by atoms with van der Waals surface area (Å²) in [6.07, 6.45) is 0.352. The van der Waals surface area contributed by atoms with E-state index in [1.165, 1.54) is 0 Å². The second-order valence-corrected chi connectivity index (χ2v) is 3.90. The van der Waals surface area contributed by atoms with Gasteiger partial charge < -0.3 is 5.32 Å². The van der Waals surface area contributed by atoms with Crippen LogP contribution in [0.5, 0.6) is 0 Å². The van der Waals surface area contributed by atoms with Crippen LogP contribution in [0.25, 0.3) is 0 Å². The standard InChI is InChI=1S/C9H16N2O3/c1-5-11(6-12)8(14)7(13)10-9(2,3)4/h6H,5H2,1-4H3,(H,10,13). The van der Waals surface area contributed by atoms with Crippen molar-refractivity contribution in [1.29, 1.82) is 0 Å². The first-order chi connectivity index (χ1) is 6.31. The summed E-state index contributed by atoms with van der Waals surface area (Å²) in [5, 5.41) is 2.48. The van der Waals surface area contributed by atoms with Crippen molar-refractivity contribution in [1.82, 2.24) is 10.2 Å². The fraction of sp³-hybridized carbons (Fsp3) is 0.667. The zero-order chi connectivity index (χ0) is 11.4. The lowest BCUT2D eigenvalue weighted by Gasteiger charge is -2.21. The normalized spacial score (nSPS) is 10.6. The van der Waals surface area contributed by atoms with E-state index in [9.17, 15) is 14.4 Å². The summed E-state index contributed by atoms with van der Waals surface area (Å²) in [5.41, 5.74) is -0.477. The molecule has 0 aliphatic carbocycles. The molecule has 1 N–H and O–H groups in total. The predicted octanol–water partition coefficient (Wildman–Crippen LogP) is -0.0940. The van der Waals surface area contributed by atoms with Gasteiger partial charge in [0.25, 0.3) is 0 Å². The van der Waals surface area contributed by atoms with Gasteiger partial charge in [0.05, 0.1) is 0 Å². The Labute approximate surface area is 83.5 Å². The molecule has 80 valence electrons. The summed E-state index contributed by atoms with van der Waals surface area (Å²) < 4.78 is 0. The van der Waals surface area contributed by atoms with Crippen LogP contribution in [0, 0.1) is 0 Å². The lowest BCUT2D eigenvalue weighted by molar-refractivity contribution is -0.149. The Morgan fingerprint density at radius 2 is 1.86 bits per heavy atom. The van der Waals surface area contributed by atoms with Crippen LogP contribution in [0.15, 0.2) is 0 Å². The summed E-state index contributed by atoms with van der Waals surface area (Å²) >= 11 is 0. The molecule has 0 aromatic rings. The Morgan fingerprint density at radius 1 is 1.36 bits per heavy atom. The molecule has 0 aromatic heterocycles. The van der Waals surface area contributed by atoms with Gasteiger partial charge in [0.15, 0.2) is 0 Å². The molecule has 0 unspecified atom stereocenters. The summed E-state index contributed by atoms with van der Waals surface area (Å²) in [6.45, 7) is 7.09. The third-order valence-electron chi connectivity index (χ3n) is 1.41. The van der Waals surface area contributed by atoms with Gasteiger partial charge in [-0.3, -0.25) is 19.3 Å². The van der Waals surface area contributed by atoms with E-state index in [1.54, 1.807) is 27.7 Å². The fourth-order valence-electron chi connectivity index (χ4n) is 0.791. The molecule has 14 heavy (non-hydrogen) atoms. The van der Waals surface area contributed by atoms with Crippen molar-refractivity contribution in [2.24, 2.45) is 0 Å². The van der Waals surface area contributed by atoms with Gasteiger partial charge in [-0.1, -0.05) is 0 Å². The molecule has 5 heteroatoms. The van der Waals surface area contributed by atoms with Crippen LogP contribution < -0.4 is 5.32 Å². The number of nitrogens with one attached hydrogen (secondary N) is 1. The molecule has 0 rings (SSSR count). The highest BCUT2D eigenvalue weighted by molar-refractivity contribution is 6.36. The molecule has 0 fully saturated rings. The number of carbonyl (C=O) groups is 3. The average molecular weight is 200 g/mol. The molecular formula is C9H16N2O3. The number of amides is 3. The highest BCUT2D eigenvalue weighted by Gasteiger charge is 2.23. The van der Waals surface area contributed by atoms with Crippen molar-refractivity contribution >= 4 is 18.2 Å². The van der Waals surface area contributed by atoms with E-state index in [0.717, 1.165) is 4.90 Å². The van der Waals surface area contributed by atoms with E-state index in [4.69, 9.17) is 0 Å². The summed E-state index contributed by atoms with van der Waals surface area (Å²) in [6, 6.07) is 0. The van der Waals surface area contributed by atoms with Crippen molar-refractivity contribution < 1.29 is 14.4 Å². The highest BCUT2D eigenvalue weighted by Crippen LogP contribution is 1.98. The molecule has 3 amide bonds. The topological polar surface area (TPSA) is 66.5 Å². The van der Waals surface area contributed by atoms with Gasteiger partial charge >= 0.3 is 11.8 Å². The fourth-order valence-corrected chi connectivity index (χ4v) is 0.791. The van der Waals surface area contributed by atoms with E-state index in [2.05, 4.69) is 5.32 Å². The molecule has 0 aliphatic rings. The van der Waals surface area contributed by atoms with E-state index in [0.29, 0.717) is 6.41 Å². The zero-order valence-corrected chi connectivity index (χ0v) is 8.96. The molecule has 0 bridgehead atoms. The van der Waals surface area contributed by atoms with E-state index < -0.39 is 17.4 Å². The van der Waals surface area contributed by atoms with Crippen LogP contribution in [-0.4, -0.2) is 35.2 Å². The zero-order valence-electron chi connectivity index (χ0n) is 8.96. The number of nitrogens with zero attached hydrogens (tertiary/aromatic N) is 1. The van der Waals surface area contributed by atoms with Gasteiger partial charge in [-0.05, 0) is 27.7 Å². The smallest absolute Gasteiger partial charge is 0.318 e. The molecule has 0 atom stereocenters. The number of likely N-dealkylation sites (N-methyl/N-ethyl adjacent to an activating group) is 1. The number of hydrogen-bond donors (Lipinski definition) is 1. The molecule has 0 spiro atoms. The van der Waals surface area contributed by atoms with E-state index in [1.807, 2.05) is 0 Å². The third-order valence-corrected chi connectivity index (χ3v) is 1.41. The molecule has 5 nitrogen and oxygen atoms in total. The molecule has 0 radical (unpaired) electrons. The van der Waals surface area contributed by atoms with Crippen molar-refractivity contribution in [3.63, 3.8) is 0 Å². The van der Waals surface area contributed by atoms with Crippen molar-refractivity contribution in [3.05, 3.63) is 0 Å². The largest absolute Gasteiger partial charge is 0.343 e. The molecular weight excluding hydrogens is 184 g/mol. The van der Waals surface area contributed by atoms with Crippen LogP contribution in [0.4, 0.5) is 0 Å². The minimum atomic E-state index is -0.822. The van der Waals surface area contributed by atoms with Gasteiger partial charge in [0, 0.05) is 12.1 Å². The minimum absolute atomic E-state index is 0.194. The maximum atomic E-state index is 11.3. The van der Waals surface area contributed by atoms with Gasteiger partial charge in [-0.25, -0.2) is 0 Å². The van der Waals surface area contributed by atoms with Crippen LogP contribution in [-0.2, 0) is 14.4 Å². The first kappa shape index (κ1) is 12.6. The second-order valence-electron chi connectivity index (χ2n) is 3.90. The van der Waals surface area contributed by atoms with Crippen molar-refractivity contribution in [2.45, 2.75) is 33.2 Å². The maximum Gasteiger partial charge on any atom is 0.318 e. The number of carbonyl (C=O) groups excluding carboxylic acids is 3. The Balaban J connectivity index is 4.40. The van der Waals surface area contributed by atoms with Gasteiger partial charge in [0.1, 0.15) is 0 Å². The van der Waals surface area contributed by atoms with E-state index >= 15 is 0 Å². The Morgan fingerprint density at radius 3 is 2.14 bits per heavy atom. The first-order valence-electron chi connectivity index (χ1n) is 4.40. The number of rotatable bonds is 2. The summed E-state index contributed by atoms with van der Waals surface area (Å²) in [5.74, 6) is -1.58. The minimum Gasteiger partial charge on any atom is -0.343 e. The van der Waals surface area contributed by atoms with E-state index in [-0.39, 0.29) is 6.54 Å². The monoisotopic (exact) mass is 200 g/mol. The van der Waals surface area contributed by atoms with Crippen LogP contribution in [0.3, 0.4) is 0 Å². The quantitative estimate of drug-likeness (QED) is 0.500. The third kappa shape index (κ3) is 4.02. The SMILES string of the molecule is CCN(C=O)C(=O)C(=O)NC(C)(C)C. The van der Waals surface area contributed by atoms with Crippen LogP contribution >= 0.6 is 0 Å². The average Bonchev–Trinajstić information content (AvgIpc) is 2.03. The lowest BCUT2D eigenvalue weighted by Crippen LogP contribution is -2.49. The number of hydrogen-bond acceptors (Lipinski definition) is 3. The van der Waals surface area contributed by atoms with Crippen molar-refractivity contribution in [2.75, 3.05) is 6.54 Å². The molecule has 0 saturated carbocycles. The lowest BCUT2D eigenvalue weighted by atomic mass is 10.1. The summed E-state index contributed by atoms with van der Waals surface area (Å²) in [4.78, 5) is 33.7. The van der Waals surface area contributed by atoms with Crippen LogP contribution in [0.1, 0.15) is 27.7 Å². The Hall–Kier alpha value is -1.39. The highest BCUT2D eigenvalue weighted by atomic mass is 16.2. The first-order valence-corrected chi connectivity index (χ1v) is 4.40. The van der Waals surface area contributed by atoms with Crippen molar-refractivity contribution in [3.8, 4) is 0 Å². The van der Waals surface area contributed by atoms with Gasteiger partial charge in [-0.2, -0.15) is 0 Å². The molecule has 0 heterocycles. The van der Waals surface area contributed by atoms with Gasteiger partial charge in [0.2, 0.25) is 6.41 Å². The Kier molecular flexibility index (Phi) is 4.27. The Bertz CT molecular complexity index is 243. The number of imide groups is 1. The summed E-state index contributed by atoms with van der Waals surface area (Å²) in [7, 11) is 0. The maximum absolute atomic E-state index is 11.3. The molecule has 0 aromatic carbocycles. The molecule has 0 saturated heterocycles. The predicted molar refractivity (Wildman–Crippen MR) is 51.3 cm³/mol. The van der Waals surface area contributed by atoms with Crippen LogP contribution in [0.2, 0.25) is 0 Å². The molecule has 0 aliphatic heterocycles. The van der Waals surface area contributed by atoms with Gasteiger partial charge in [-0.15, -0.1) is 0 Å².